The summed E-state index contributed by atoms with van der Waals surface area (Å²) in [7, 11) is 0. The van der Waals surface area contributed by atoms with Gasteiger partial charge in [-0.1, -0.05) is 35.8 Å². The summed E-state index contributed by atoms with van der Waals surface area (Å²) in [5.74, 6) is -0.823. The van der Waals surface area contributed by atoms with Crippen LogP contribution in [0.5, 0.6) is 0 Å². The van der Waals surface area contributed by atoms with Crippen LogP contribution < -0.4 is 5.32 Å². The van der Waals surface area contributed by atoms with Crippen LogP contribution in [0.15, 0.2) is 18.2 Å². The second kappa shape index (κ2) is 6.96. The first-order valence-electron chi connectivity index (χ1n) is 8.74. The molecule has 1 saturated heterocycles. The van der Waals surface area contributed by atoms with E-state index in [9.17, 15) is 14.4 Å². The van der Waals surface area contributed by atoms with Gasteiger partial charge in [0.05, 0.1) is 22.1 Å². The quantitative estimate of drug-likeness (QED) is 0.809. The van der Waals surface area contributed by atoms with E-state index in [1.807, 2.05) is 0 Å². The first-order chi connectivity index (χ1) is 12.5. The number of rotatable bonds is 4. The fourth-order valence-corrected chi connectivity index (χ4v) is 4.96. The second-order valence-electron chi connectivity index (χ2n) is 6.75. The van der Waals surface area contributed by atoms with Crippen LogP contribution in [-0.4, -0.2) is 34.2 Å². The molecule has 1 aromatic carbocycles. The molecule has 0 bridgehead atoms. The maximum Gasteiger partial charge on any atom is 0.233 e. The highest BCUT2D eigenvalue weighted by Gasteiger charge is 2.47. The fraction of sp³-hybridized carbons (Fsp3) is 0.444. The zero-order valence-corrected chi connectivity index (χ0v) is 15.6. The van der Waals surface area contributed by atoms with Gasteiger partial charge >= 0.3 is 0 Å². The number of thiazole rings is 1. The third-order valence-electron chi connectivity index (χ3n) is 5.09. The van der Waals surface area contributed by atoms with Gasteiger partial charge in [0.2, 0.25) is 17.7 Å². The van der Waals surface area contributed by atoms with Crippen molar-refractivity contribution in [3.8, 4) is 0 Å². The Balaban J connectivity index is 1.37. The summed E-state index contributed by atoms with van der Waals surface area (Å²) in [4.78, 5) is 42.7. The normalized spacial score (nSPS) is 22.7. The molecule has 1 aliphatic heterocycles. The molecular weight excluding hydrogens is 374 g/mol. The monoisotopic (exact) mass is 391 g/mol. The SMILES string of the molecule is O=C(CCN1C(=O)[C@H]2CCCC[C@H]2C1=O)Nc1nc2ccc(Cl)cc2s1. The van der Waals surface area contributed by atoms with Gasteiger partial charge in [0.1, 0.15) is 0 Å². The van der Waals surface area contributed by atoms with E-state index < -0.39 is 0 Å². The Morgan fingerprint density at radius 3 is 2.62 bits per heavy atom. The molecule has 2 aliphatic rings. The highest BCUT2D eigenvalue weighted by molar-refractivity contribution is 7.22. The molecular formula is C18H18ClN3O3S. The maximum atomic E-state index is 12.4. The zero-order valence-electron chi connectivity index (χ0n) is 14.0. The Hall–Kier alpha value is -1.99. The van der Waals surface area contributed by atoms with Crippen molar-refractivity contribution in [1.29, 1.82) is 0 Å². The number of carbonyl (C=O) groups excluding carboxylic acids is 3. The minimum Gasteiger partial charge on any atom is -0.302 e. The Morgan fingerprint density at radius 2 is 1.92 bits per heavy atom. The van der Waals surface area contributed by atoms with Crippen LogP contribution >= 0.6 is 22.9 Å². The molecule has 0 radical (unpaired) electrons. The van der Waals surface area contributed by atoms with Crippen molar-refractivity contribution in [2.45, 2.75) is 32.1 Å². The highest BCUT2D eigenvalue weighted by Crippen LogP contribution is 2.38. The average Bonchev–Trinajstić information content (AvgIpc) is 3.12. The number of nitrogens with zero attached hydrogens (tertiary/aromatic N) is 2. The van der Waals surface area contributed by atoms with E-state index in [2.05, 4.69) is 10.3 Å². The molecule has 2 fully saturated rings. The molecule has 8 heteroatoms. The molecule has 3 amide bonds. The topological polar surface area (TPSA) is 79.4 Å². The van der Waals surface area contributed by atoms with Gasteiger partial charge in [-0.3, -0.25) is 19.3 Å². The molecule has 2 heterocycles. The van der Waals surface area contributed by atoms with E-state index in [0.717, 1.165) is 35.9 Å². The number of imide groups is 1. The van der Waals surface area contributed by atoms with Gasteiger partial charge in [0.15, 0.2) is 5.13 Å². The van der Waals surface area contributed by atoms with Gasteiger partial charge in [0, 0.05) is 18.0 Å². The van der Waals surface area contributed by atoms with Crippen molar-refractivity contribution in [1.82, 2.24) is 9.88 Å². The van der Waals surface area contributed by atoms with Gasteiger partial charge in [-0.2, -0.15) is 0 Å². The molecule has 1 N–H and O–H groups in total. The molecule has 6 nitrogen and oxygen atoms in total. The van der Waals surface area contributed by atoms with Gasteiger partial charge in [-0.25, -0.2) is 4.98 Å². The summed E-state index contributed by atoms with van der Waals surface area (Å²) in [5, 5.41) is 3.85. The highest BCUT2D eigenvalue weighted by atomic mass is 35.5. The predicted molar refractivity (Wildman–Crippen MR) is 100 cm³/mol. The summed E-state index contributed by atoms with van der Waals surface area (Å²) in [6.07, 6.45) is 3.64. The van der Waals surface area contributed by atoms with E-state index in [4.69, 9.17) is 11.6 Å². The number of nitrogens with one attached hydrogen (secondary N) is 1. The van der Waals surface area contributed by atoms with E-state index >= 15 is 0 Å². The summed E-state index contributed by atoms with van der Waals surface area (Å²) in [6, 6.07) is 5.35. The molecule has 1 saturated carbocycles. The number of likely N-dealkylation sites (tertiary alicyclic amines) is 1. The molecule has 1 aliphatic carbocycles. The lowest BCUT2D eigenvalue weighted by Gasteiger charge is -2.19. The Kier molecular flexibility index (Phi) is 4.67. The summed E-state index contributed by atoms with van der Waals surface area (Å²) >= 11 is 7.30. The predicted octanol–water partition coefficient (Wildman–Crippen LogP) is 3.45. The minimum atomic E-state index is -0.259. The zero-order chi connectivity index (χ0) is 18.3. The number of halogens is 1. The van der Waals surface area contributed by atoms with Crippen LogP contribution in [0.2, 0.25) is 5.02 Å². The lowest BCUT2D eigenvalue weighted by Crippen LogP contribution is -2.34. The standard InChI is InChI=1S/C18H18ClN3O3S/c19-10-5-6-13-14(9-10)26-18(20-13)21-15(23)7-8-22-16(24)11-3-1-2-4-12(11)17(22)25/h5-6,9,11-12H,1-4,7-8H2,(H,20,21,23)/t11-,12+. The van der Waals surface area contributed by atoms with Crippen LogP contribution in [-0.2, 0) is 14.4 Å². The van der Waals surface area contributed by atoms with Gasteiger partial charge in [-0.05, 0) is 31.0 Å². The molecule has 2 atom stereocenters. The average molecular weight is 392 g/mol. The number of carbonyl (C=O) groups is 3. The third-order valence-corrected chi connectivity index (χ3v) is 6.26. The molecule has 4 rings (SSSR count). The van der Waals surface area contributed by atoms with Crippen LogP contribution in [0, 0.1) is 11.8 Å². The van der Waals surface area contributed by atoms with Crippen molar-refractivity contribution >= 4 is 56.0 Å². The number of amides is 3. The minimum absolute atomic E-state index is 0.0770. The Bertz CT molecular complexity index is 873. The molecule has 136 valence electrons. The van der Waals surface area contributed by atoms with Gasteiger partial charge in [-0.15, -0.1) is 0 Å². The van der Waals surface area contributed by atoms with Crippen molar-refractivity contribution in [3.05, 3.63) is 23.2 Å². The number of aromatic nitrogens is 1. The van der Waals surface area contributed by atoms with Crippen LogP contribution in [0.1, 0.15) is 32.1 Å². The summed E-state index contributed by atoms with van der Waals surface area (Å²) in [6.45, 7) is 0.132. The number of fused-ring (bicyclic) bond motifs is 2. The van der Waals surface area contributed by atoms with Crippen molar-refractivity contribution in [2.75, 3.05) is 11.9 Å². The molecule has 26 heavy (non-hydrogen) atoms. The van der Waals surface area contributed by atoms with E-state index in [0.29, 0.717) is 10.2 Å². The van der Waals surface area contributed by atoms with Crippen LogP contribution in [0.4, 0.5) is 5.13 Å². The first kappa shape index (κ1) is 17.4. The summed E-state index contributed by atoms with van der Waals surface area (Å²) < 4.78 is 0.891. The van der Waals surface area contributed by atoms with Gasteiger partial charge in [0.25, 0.3) is 0 Å². The van der Waals surface area contributed by atoms with E-state index in [-0.39, 0.29) is 42.5 Å². The largest absolute Gasteiger partial charge is 0.302 e. The van der Waals surface area contributed by atoms with Crippen molar-refractivity contribution in [3.63, 3.8) is 0 Å². The fourth-order valence-electron chi connectivity index (χ4n) is 3.80. The molecule has 0 spiro atoms. The third kappa shape index (κ3) is 3.21. The molecule has 1 aromatic heterocycles. The van der Waals surface area contributed by atoms with Crippen molar-refractivity contribution in [2.24, 2.45) is 11.8 Å². The number of anilines is 1. The van der Waals surface area contributed by atoms with E-state index in [1.165, 1.54) is 16.2 Å². The number of benzene rings is 1. The lowest BCUT2D eigenvalue weighted by atomic mass is 9.81. The van der Waals surface area contributed by atoms with Crippen LogP contribution in [0.3, 0.4) is 0 Å². The number of hydrogen-bond acceptors (Lipinski definition) is 5. The molecule has 2 aromatic rings. The van der Waals surface area contributed by atoms with Gasteiger partial charge < -0.3 is 5.32 Å². The number of hydrogen-bond donors (Lipinski definition) is 1. The lowest BCUT2D eigenvalue weighted by molar-refractivity contribution is -0.140. The maximum absolute atomic E-state index is 12.4. The first-order valence-corrected chi connectivity index (χ1v) is 9.93. The Labute approximate surface area is 159 Å². The molecule has 0 unspecified atom stereocenters. The van der Waals surface area contributed by atoms with Crippen LogP contribution in [0.25, 0.3) is 10.2 Å². The second-order valence-corrected chi connectivity index (χ2v) is 8.22. The van der Waals surface area contributed by atoms with Crippen molar-refractivity contribution < 1.29 is 14.4 Å². The summed E-state index contributed by atoms with van der Waals surface area (Å²) in [5.41, 5.74) is 0.767. The van der Waals surface area contributed by atoms with E-state index in [1.54, 1.807) is 18.2 Å². The smallest absolute Gasteiger partial charge is 0.233 e. The Morgan fingerprint density at radius 1 is 1.23 bits per heavy atom.